The second-order valence-electron chi connectivity index (χ2n) is 3.11. The molecule has 1 N–H and O–H groups in total. The van der Waals surface area contributed by atoms with Crippen molar-refractivity contribution >= 4 is 0 Å². The van der Waals surface area contributed by atoms with Crippen molar-refractivity contribution in [3.8, 4) is 0 Å². The molecular formula is C10H23NO. The quantitative estimate of drug-likeness (QED) is 0.701. The number of nitrogens with one attached hydrogen (secondary N) is 1. The van der Waals surface area contributed by atoms with E-state index >= 15 is 0 Å². The molecule has 12 heavy (non-hydrogen) atoms. The van der Waals surface area contributed by atoms with Crippen molar-refractivity contribution in [3.63, 3.8) is 0 Å². The molecule has 0 aromatic carbocycles. The molecule has 2 heteroatoms. The Balaban J connectivity index is 0.000000561. The zero-order valence-electron chi connectivity index (χ0n) is 8.89. The second kappa shape index (κ2) is 7.56. The van der Waals surface area contributed by atoms with Crippen molar-refractivity contribution in [1.82, 2.24) is 5.32 Å². The van der Waals surface area contributed by atoms with Gasteiger partial charge >= 0.3 is 0 Å². The van der Waals surface area contributed by atoms with Gasteiger partial charge in [-0.05, 0) is 38.3 Å². The van der Waals surface area contributed by atoms with Crippen molar-refractivity contribution < 1.29 is 4.74 Å². The van der Waals surface area contributed by atoms with E-state index in [1.165, 1.54) is 12.8 Å². The number of methoxy groups -OCH3 is 1. The van der Waals surface area contributed by atoms with Crippen LogP contribution in [0.15, 0.2) is 0 Å². The summed E-state index contributed by atoms with van der Waals surface area (Å²) in [7, 11) is 3.80. The molecule has 1 aliphatic rings. The Hall–Kier alpha value is -0.0800. The van der Waals surface area contributed by atoms with Crippen LogP contribution in [0.2, 0.25) is 0 Å². The highest BCUT2D eigenvalue weighted by Crippen LogP contribution is 2.33. The Bertz CT molecular complexity index is 83.8. The van der Waals surface area contributed by atoms with Gasteiger partial charge in [0.15, 0.2) is 0 Å². The monoisotopic (exact) mass is 173 g/mol. The van der Waals surface area contributed by atoms with Gasteiger partial charge in [-0.15, -0.1) is 0 Å². The van der Waals surface area contributed by atoms with Gasteiger partial charge in [0, 0.05) is 13.7 Å². The van der Waals surface area contributed by atoms with Crippen molar-refractivity contribution in [3.05, 3.63) is 0 Å². The van der Waals surface area contributed by atoms with Gasteiger partial charge in [-0.1, -0.05) is 13.8 Å². The molecule has 0 spiro atoms. The summed E-state index contributed by atoms with van der Waals surface area (Å²) in [6.45, 7) is 6.11. The predicted molar refractivity (Wildman–Crippen MR) is 53.4 cm³/mol. The fourth-order valence-corrected chi connectivity index (χ4v) is 1.60. The summed E-state index contributed by atoms with van der Waals surface area (Å²) in [4.78, 5) is 0. The van der Waals surface area contributed by atoms with Crippen LogP contribution in [0.3, 0.4) is 0 Å². The van der Waals surface area contributed by atoms with E-state index in [1.807, 2.05) is 20.9 Å². The van der Waals surface area contributed by atoms with Crippen LogP contribution in [0, 0.1) is 11.8 Å². The summed E-state index contributed by atoms with van der Waals surface area (Å²) in [5.74, 6) is 1.71. The number of rotatable bonds is 4. The first-order valence-electron chi connectivity index (χ1n) is 5.02. The Morgan fingerprint density at radius 1 is 1.25 bits per heavy atom. The highest BCUT2D eigenvalue weighted by molar-refractivity contribution is 4.81. The van der Waals surface area contributed by atoms with Crippen LogP contribution in [-0.2, 0) is 4.74 Å². The first-order chi connectivity index (χ1) is 5.88. The molecule has 0 radical (unpaired) electrons. The smallest absolute Gasteiger partial charge is 0.0493 e. The van der Waals surface area contributed by atoms with Crippen LogP contribution in [0.25, 0.3) is 0 Å². The predicted octanol–water partition coefficient (Wildman–Crippen LogP) is 1.90. The lowest BCUT2D eigenvalue weighted by Crippen LogP contribution is -2.36. The average Bonchev–Trinajstić information content (AvgIpc) is 2.12. The van der Waals surface area contributed by atoms with Gasteiger partial charge in [0.2, 0.25) is 0 Å². The largest absolute Gasteiger partial charge is 0.384 e. The Kier molecular flexibility index (Phi) is 7.51. The minimum atomic E-state index is 0.831. The minimum Gasteiger partial charge on any atom is -0.384 e. The second-order valence-corrected chi connectivity index (χ2v) is 3.11. The molecule has 1 saturated carbocycles. The maximum atomic E-state index is 5.09. The molecule has 0 aromatic heterocycles. The average molecular weight is 173 g/mol. The van der Waals surface area contributed by atoms with Gasteiger partial charge in [0.05, 0.1) is 0 Å². The van der Waals surface area contributed by atoms with E-state index in [9.17, 15) is 0 Å². The molecule has 74 valence electrons. The van der Waals surface area contributed by atoms with E-state index in [1.54, 1.807) is 7.11 Å². The lowest BCUT2D eigenvalue weighted by Gasteiger charge is -2.35. The topological polar surface area (TPSA) is 21.3 Å². The molecule has 0 heterocycles. The summed E-state index contributed by atoms with van der Waals surface area (Å²) in [6, 6.07) is 0. The maximum absolute atomic E-state index is 5.09. The van der Waals surface area contributed by atoms with E-state index in [0.29, 0.717) is 0 Å². The molecule has 0 aliphatic heterocycles. The molecule has 0 amide bonds. The van der Waals surface area contributed by atoms with Crippen LogP contribution in [0.1, 0.15) is 26.7 Å². The lowest BCUT2D eigenvalue weighted by atomic mass is 9.74. The van der Waals surface area contributed by atoms with E-state index < -0.39 is 0 Å². The van der Waals surface area contributed by atoms with Gasteiger partial charge in [0.1, 0.15) is 0 Å². The van der Waals surface area contributed by atoms with Crippen LogP contribution >= 0.6 is 0 Å². The Labute approximate surface area is 76.7 Å². The van der Waals surface area contributed by atoms with Gasteiger partial charge in [-0.3, -0.25) is 0 Å². The molecule has 2 unspecified atom stereocenters. The third-order valence-corrected chi connectivity index (χ3v) is 2.42. The molecule has 2 nitrogen and oxygen atoms in total. The Morgan fingerprint density at radius 2 is 1.83 bits per heavy atom. The first kappa shape index (κ1) is 11.9. The third kappa shape index (κ3) is 3.55. The van der Waals surface area contributed by atoms with Crippen molar-refractivity contribution in [2.24, 2.45) is 11.8 Å². The lowest BCUT2D eigenvalue weighted by molar-refractivity contribution is 0.0606. The maximum Gasteiger partial charge on any atom is 0.0493 e. The molecule has 0 saturated heterocycles. The van der Waals surface area contributed by atoms with Crippen LogP contribution in [-0.4, -0.2) is 27.3 Å². The fraction of sp³-hybridized carbons (Fsp3) is 1.00. The number of hydrogen-bond acceptors (Lipinski definition) is 2. The highest BCUT2D eigenvalue weighted by Gasteiger charge is 2.29. The van der Waals surface area contributed by atoms with Crippen molar-refractivity contribution in [1.29, 1.82) is 0 Å². The van der Waals surface area contributed by atoms with Gasteiger partial charge in [-0.2, -0.15) is 0 Å². The summed E-state index contributed by atoms with van der Waals surface area (Å²) in [5, 5.41) is 3.20. The SMILES string of the molecule is CC.CNCC1CCC1COC. The van der Waals surface area contributed by atoms with E-state index in [-0.39, 0.29) is 0 Å². The molecular weight excluding hydrogens is 150 g/mol. The summed E-state index contributed by atoms with van der Waals surface area (Å²) in [5.41, 5.74) is 0. The van der Waals surface area contributed by atoms with Gasteiger partial charge in [-0.25, -0.2) is 0 Å². The summed E-state index contributed by atoms with van der Waals surface area (Å²) >= 11 is 0. The Morgan fingerprint density at radius 3 is 2.17 bits per heavy atom. The minimum absolute atomic E-state index is 0.831. The van der Waals surface area contributed by atoms with Gasteiger partial charge in [0.25, 0.3) is 0 Å². The van der Waals surface area contributed by atoms with E-state index in [0.717, 1.165) is 25.0 Å². The zero-order valence-corrected chi connectivity index (χ0v) is 8.89. The highest BCUT2D eigenvalue weighted by atomic mass is 16.5. The molecule has 1 fully saturated rings. The molecule has 1 rings (SSSR count). The number of hydrogen-bond donors (Lipinski definition) is 1. The normalized spacial score (nSPS) is 27.0. The zero-order chi connectivity index (χ0) is 9.40. The standard InChI is InChI=1S/C8H17NO.C2H6/c1-9-5-7-3-4-8(7)6-10-2;1-2/h7-9H,3-6H2,1-2H3;1-2H3. The van der Waals surface area contributed by atoms with Gasteiger partial charge < -0.3 is 10.1 Å². The molecule has 1 aliphatic carbocycles. The van der Waals surface area contributed by atoms with E-state index in [2.05, 4.69) is 5.32 Å². The number of ether oxygens (including phenoxy) is 1. The first-order valence-corrected chi connectivity index (χ1v) is 5.02. The van der Waals surface area contributed by atoms with Crippen LogP contribution in [0.4, 0.5) is 0 Å². The van der Waals surface area contributed by atoms with Crippen LogP contribution in [0.5, 0.6) is 0 Å². The molecule has 0 aromatic rings. The molecule has 0 bridgehead atoms. The third-order valence-electron chi connectivity index (χ3n) is 2.42. The van der Waals surface area contributed by atoms with Crippen molar-refractivity contribution in [2.45, 2.75) is 26.7 Å². The fourth-order valence-electron chi connectivity index (χ4n) is 1.60. The summed E-state index contributed by atoms with van der Waals surface area (Å²) < 4.78 is 5.09. The van der Waals surface area contributed by atoms with E-state index in [4.69, 9.17) is 4.74 Å². The summed E-state index contributed by atoms with van der Waals surface area (Å²) in [6.07, 6.45) is 2.75. The van der Waals surface area contributed by atoms with Crippen molar-refractivity contribution in [2.75, 3.05) is 27.3 Å². The van der Waals surface area contributed by atoms with Crippen LogP contribution < -0.4 is 5.32 Å². The molecule has 2 atom stereocenters.